The predicted molar refractivity (Wildman–Crippen MR) is 180 cm³/mol. The molecule has 0 radical (unpaired) electrons. The van der Waals surface area contributed by atoms with Crippen molar-refractivity contribution < 1.29 is 4.42 Å². The minimum absolute atomic E-state index is 0.488. The highest BCUT2D eigenvalue weighted by Gasteiger charge is 2.14. The normalized spacial score (nSPS) is 11.1. The standard InChI is InChI=1S/C40H26N4O/c1-3-9-27(10-4-1)28-17-23-33(24-18-28)39-43-44-40(45-39)34-25-19-30(20-26-34)29-15-21-32(22-16-29)38-37(31-11-5-2-6-12-31)41-35-13-7-8-14-36(35)42-38/h1-26H. The smallest absolute Gasteiger partial charge is 0.248 e. The van der Waals surface area contributed by atoms with Crippen molar-refractivity contribution >= 4 is 11.0 Å². The maximum Gasteiger partial charge on any atom is 0.248 e. The summed E-state index contributed by atoms with van der Waals surface area (Å²) < 4.78 is 6.05. The Balaban J connectivity index is 1.04. The Morgan fingerprint density at radius 1 is 0.289 bits per heavy atom. The first kappa shape index (κ1) is 26.4. The Labute approximate surface area is 260 Å². The second kappa shape index (κ2) is 11.5. The summed E-state index contributed by atoms with van der Waals surface area (Å²) in [7, 11) is 0. The van der Waals surface area contributed by atoms with Gasteiger partial charge in [0.05, 0.1) is 22.4 Å². The van der Waals surface area contributed by atoms with Gasteiger partial charge in [-0.1, -0.05) is 121 Å². The van der Waals surface area contributed by atoms with E-state index in [1.54, 1.807) is 0 Å². The van der Waals surface area contributed by atoms with Crippen LogP contribution >= 0.6 is 0 Å². The molecule has 2 aromatic heterocycles. The Morgan fingerprint density at radius 2 is 0.600 bits per heavy atom. The van der Waals surface area contributed by atoms with Crippen LogP contribution in [0.5, 0.6) is 0 Å². The van der Waals surface area contributed by atoms with Crippen molar-refractivity contribution in [2.45, 2.75) is 0 Å². The van der Waals surface area contributed by atoms with E-state index >= 15 is 0 Å². The third-order valence-corrected chi connectivity index (χ3v) is 7.91. The molecule has 0 aliphatic rings. The van der Waals surface area contributed by atoms with Crippen LogP contribution in [0.4, 0.5) is 0 Å². The van der Waals surface area contributed by atoms with Crippen LogP contribution < -0.4 is 0 Å². The Kier molecular flexibility index (Phi) is 6.74. The highest BCUT2D eigenvalue weighted by Crippen LogP contribution is 2.33. The molecular formula is C40H26N4O. The summed E-state index contributed by atoms with van der Waals surface area (Å²) in [5, 5.41) is 8.62. The second-order valence-corrected chi connectivity index (χ2v) is 10.8. The van der Waals surface area contributed by atoms with Crippen molar-refractivity contribution in [1.29, 1.82) is 0 Å². The van der Waals surface area contributed by atoms with Gasteiger partial charge < -0.3 is 4.42 Å². The first-order chi connectivity index (χ1) is 22.3. The Hall–Kier alpha value is -6.20. The Morgan fingerprint density at radius 3 is 1.04 bits per heavy atom. The van der Waals surface area contributed by atoms with Gasteiger partial charge in [-0.05, 0) is 58.7 Å². The number of hydrogen-bond acceptors (Lipinski definition) is 5. The lowest BCUT2D eigenvalue weighted by atomic mass is 9.99. The first-order valence-electron chi connectivity index (χ1n) is 14.8. The molecule has 6 aromatic carbocycles. The molecule has 0 amide bonds. The fourth-order valence-corrected chi connectivity index (χ4v) is 5.52. The largest absolute Gasteiger partial charge is 0.416 e. The van der Waals surface area contributed by atoms with Crippen LogP contribution in [-0.4, -0.2) is 20.2 Å². The molecule has 0 saturated carbocycles. The highest BCUT2D eigenvalue weighted by molar-refractivity contribution is 5.86. The number of hydrogen-bond donors (Lipinski definition) is 0. The maximum atomic E-state index is 6.05. The topological polar surface area (TPSA) is 64.7 Å². The molecule has 2 heterocycles. The molecule has 0 spiro atoms. The average molecular weight is 579 g/mol. The second-order valence-electron chi connectivity index (χ2n) is 10.8. The minimum atomic E-state index is 0.488. The van der Waals surface area contributed by atoms with E-state index in [1.807, 2.05) is 84.9 Å². The van der Waals surface area contributed by atoms with Crippen molar-refractivity contribution in [2.24, 2.45) is 0 Å². The van der Waals surface area contributed by atoms with Gasteiger partial charge in [0.1, 0.15) is 0 Å². The van der Waals surface area contributed by atoms with Gasteiger partial charge in [-0.3, -0.25) is 0 Å². The highest BCUT2D eigenvalue weighted by atomic mass is 16.4. The third-order valence-electron chi connectivity index (χ3n) is 7.91. The van der Waals surface area contributed by atoms with Crippen LogP contribution in [0.1, 0.15) is 0 Å². The molecule has 212 valence electrons. The Bertz CT molecular complexity index is 2220. The van der Waals surface area contributed by atoms with E-state index in [-0.39, 0.29) is 0 Å². The molecule has 0 unspecified atom stereocenters. The van der Waals surface area contributed by atoms with Gasteiger partial charge >= 0.3 is 0 Å². The van der Waals surface area contributed by atoms with Crippen LogP contribution in [0, 0.1) is 0 Å². The van der Waals surface area contributed by atoms with E-state index in [0.717, 1.165) is 61.4 Å². The summed E-state index contributed by atoms with van der Waals surface area (Å²) in [6, 6.07) is 53.3. The molecule has 0 aliphatic carbocycles. The number of rotatable bonds is 6. The van der Waals surface area contributed by atoms with Gasteiger partial charge in [-0.15, -0.1) is 10.2 Å². The molecule has 0 atom stereocenters. The van der Waals surface area contributed by atoms with Gasteiger partial charge in [0.15, 0.2) is 0 Å². The van der Waals surface area contributed by atoms with Crippen molar-refractivity contribution in [3.63, 3.8) is 0 Å². The molecule has 0 N–H and O–H groups in total. The van der Waals surface area contributed by atoms with E-state index < -0.39 is 0 Å². The lowest BCUT2D eigenvalue weighted by Gasteiger charge is -2.11. The van der Waals surface area contributed by atoms with Crippen molar-refractivity contribution in [1.82, 2.24) is 20.2 Å². The van der Waals surface area contributed by atoms with Crippen LogP contribution in [0.15, 0.2) is 162 Å². The van der Waals surface area contributed by atoms with E-state index in [2.05, 4.69) is 83.0 Å². The quantitative estimate of drug-likeness (QED) is 0.196. The summed E-state index contributed by atoms with van der Waals surface area (Å²) >= 11 is 0. The van der Waals surface area contributed by atoms with E-state index in [9.17, 15) is 0 Å². The van der Waals surface area contributed by atoms with E-state index in [0.29, 0.717) is 11.8 Å². The molecule has 8 aromatic rings. The molecule has 45 heavy (non-hydrogen) atoms. The monoisotopic (exact) mass is 578 g/mol. The summed E-state index contributed by atoms with van der Waals surface area (Å²) in [6.07, 6.45) is 0. The zero-order valence-corrected chi connectivity index (χ0v) is 24.2. The fourth-order valence-electron chi connectivity index (χ4n) is 5.52. The van der Waals surface area contributed by atoms with Gasteiger partial charge in [0, 0.05) is 22.3 Å². The van der Waals surface area contributed by atoms with Crippen molar-refractivity contribution in [2.75, 3.05) is 0 Å². The summed E-state index contributed by atoms with van der Waals surface area (Å²) in [5.41, 5.74) is 11.8. The van der Waals surface area contributed by atoms with Gasteiger partial charge in [-0.2, -0.15) is 0 Å². The number of fused-ring (bicyclic) bond motifs is 1. The lowest BCUT2D eigenvalue weighted by molar-refractivity contribution is 0.584. The third kappa shape index (κ3) is 5.28. The molecule has 0 fully saturated rings. The fraction of sp³-hybridized carbons (Fsp3) is 0. The van der Waals surface area contributed by atoms with Gasteiger partial charge in [0.2, 0.25) is 11.8 Å². The number of aromatic nitrogens is 4. The van der Waals surface area contributed by atoms with E-state index in [4.69, 9.17) is 14.4 Å². The molecule has 5 nitrogen and oxygen atoms in total. The van der Waals surface area contributed by atoms with Crippen LogP contribution in [0.2, 0.25) is 0 Å². The van der Waals surface area contributed by atoms with Crippen LogP contribution in [0.3, 0.4) is 0 Å². The predicted octanol–water partition coefficient (Wildman–Crippen LogP) is 10.0. The molecule has 0 saturated heterocycles. The number of benzene rings is 6. The number of para-hydroxylation sites is 2. The van der Waals surface area contributed by atoms with Crippen LogP contribution in [0.25, 0.3) is 78.7 Å². The van der Waals surface area contributed by atoms with Gasteiger partial charge in [-0.25, -0.2) is 9.97 Å². The van der Waals surface area contributed by atoms with Crippen molar-refractivity contribution in [3.8, 4) is 67.7 Å². The molecule has 8 rings (SSSR count). The molecule has 0 aliphatic heterocycles. The van der Waals surface area contributed by atoms with Crippen LogP contribution in [-0.2, 0) is 0 Å². The molecule has 5 heteroatoms. The SMILES string of the molecule is c1ccc(-c2ccc(-c3nnc(-c4ccc(-c5ccc(-c6nc7ccccc7nc6-c6ccccc6)cc5)cc4)o3)cc2)cc1. The summed E-state index contributed by atoms with van der Waals surface area (Å²) in [4.78, 5) is 10.0. The average Bonchev–Trinajstić information content (AvgIpc) is 3.63. The van der Waals surface area contributed by atoms with Gasteiger partial charge in [0.25, 0.3) is 0 Å². The minimum Gasteiger partial charge on any atom is -0.416 e. The first-order valence-corrected chi connectivity index (χ1v) is 14.8. The lowest BCUT2D eigenvalue weighted by Crippen LogP contribution is -1.95. The molecular weight excluding hydrogens is 552 g/mol. The zero-order valence-electron chi connectivity index (χ0n) is 24.2. The van der Waals surface area contributed by atoms with Crippen molar-refractivity contribution in [3.05, 3.63) is 158 Å². The maximum absolute atomic E-state index is 6.05. The molecule has 0 bridgehead atoms. The van der Waals surface area contributed by atoms with E-state index in [1.165, 1.54) is 5.56 Å². The summed E-state index contributed by atoms with van der Waals surface area (Å²) in [6.45, 7) is 0. The zero-order chi connectivity index (χ0) is 30.0. The summed E-state index contributed by atoms with van der Waals surface area (Å²) in [5.74, 6) is 0.985. The number of nitrogens with zero attached hydrogens (tertiary/aromatic N) is 4.